The van der Waals surface area contributed by atoms with Crippen molar-refractivity contribution in [3.8, 4) is 0 Å². The third-order valence-corrected chi connectivity index (χ3v) is 3.99. The molecule has 0 radical (unpaired) electrons. The average Bonchev–Trinajstić information content (AvgIpc) is 3.25. The molecule has 0 bridgehead atoms. The number of allylic oxidation sites excluding steroid dienone is 1. The second-order valence-corrected chi connectivity index (χ2v) is 5.64. The Morgan fingerprint density at radius 3 is 3.00 bits per heavy atom. The lowest BCUT2D eigenvalue weighted by Crippen LogP contribution is -2.33. The second kappa shape index (κ2) is 5.86. The summed E-state index contributed by atoms with van der Waals surface area (Å²) in [6, 6.07) is 7.85. The summed E-state index contributed by atoms with van der Waals surface area (Å²) in [5, 5.41) is 7.93. The highest BCUT2D eigenvalue weighted by Crippen LogP contribution is 2.29. The lowest BCUT2D eigenvalue weighted by Gasteiger charge is -2.24. The molecule has 2 aliphatic rings. The predicted molar refractivity (Wildman–Crippen MR) is 90.5 cm³/mol. The van der Waals surface area contributed by atoms with Crippen LogP contribution in [-0.4, -0.2) is 20.7 Å². The minimum absolute atomic E-state index is 0.660. The van der Waals surface area contributed by atoms with Crippen molar-refractivity contribution in [2.75, 3.05) is 0 Å². The third-order valence-electron chi connectivity index (χ3n) is 3.99. The van der Waals surface area contributed by atoms with Gasteiger partial charge in [-0.05, 0) is 36.2 Å². The second-order valence-electron chi connectivity index (χ2n) is 5.64. The topological polar surface area (TPSA) is 82.9 Å². The van der Waals surface area contributed by atoms with Gasteiger partial charge in [0.1, 0.15) is 17.2 Å². The van der Waals surface area contributed by atoms with Crippen LogP contribution in [0.2, 0.25) is 0 Å². The van der Waals surface area contributed by atoms with Crippen molar-refractivity contribution in [1.29, 1.82) is 0 Å². The molecule has 4 heterocycles. The Hall–Kier alpha value is -3.06. The van der Waals surface area contributed by atoms with E-state index >= 15 is 0 Å². The van der Waals surface area contributed by atoms with E-state index in [0.717, 1.165) is 40.4 Å². The summed E-state index contributed by atoms with van der Waals surface area (Å²) in [5.74, 6) is 6.74. The van der Waals surface area contributed by atoms with Crippen LogP contribution in [0.3, 0.4) is 0 Å². The Morgan fingerprint density at radius 1 is 1.29 bits per heavy atom. The fourth-order valence-electron chi connectivity index (χ4n) is 2.80. The van der Waals surface area contributed by atoms with Gasteiger partial charge in [0.25, 0.3) is 0 Å². The van der Waals surface area contributed by atoms with E-state index in [1.165, 1.54) is 5.01 Å². The van der Waals surface area contributed by atoms with Crippen molar-refractivity contribution in [3.63, 3.8) is 0 Å². The van der Waals surface area contributed by atoms with Gasteiger partial charge in [0.05, 0.1) is 18.4 Å². The number of hydrogen-bond acceptors (Lipinski definition) is 7. The number of nitrogens with zero attached hydrogens (tertiary/aromatic N) is 4. The molecule has 2 aliphatic heterocycles. The summed E-state index contributed by atoms with van der Waals surface area (Å²) in [4.78, 5) is 4.34. The first kappa shape index (κ1) is 14.5. The summed E-state index contributed by atoms with van der Waals surface area (Å²) in [6.45, 7) is 2.76. The number of fused-ring (bicyclic) bond motifs is 1. The number of hydrazine groups is 2. The van der Waals surface area contributed by atoms with E-state index in [4.69, 9.17) is 10.3 Å². The van der Waals surface area contributed by atoms with Crippen LogP contribution in [0.5, 0.6) is 0 Å². The molecule has 4 rings (SSSR count). The van der Waals surface area contributed by atoms with Crippen molar-refractivity contribution in [3.05, 3.63) is 71.8 Å². The zero-order valence-electron chi connectivity index (χ0n) is 13.3. The van der Waals surface area contributed by atoms with Gasteiger partial charge >= 0.3 is 0 Å². The standard InChI is InChI=1S/C17H18N6O/c1-2-13-8-12(5-6-19-13)9-23-15-11-22(18)10-14(17(15)20-21-23)16-4-3-7-24-16/h3-8,10-11,21H,2,9,18H2,1H3. The maximum atomic E-state index is 6.01. The smallest absolute Gasteiger partial charge is 0.137 e. The monoisotopic (exact) mass is 322 g/mol. The minimum atomic E-state index is 0.660. The average molecular weight is 322 g/mol. The molecular weight excluding hydrogens is 304 g/mol. The molecule has 0 unspecified atom stereocenters. The number of rotatable bonds is 4. The molecule has 7 nitrogen and oxygen atoms in total. The highest BCUT2D eigenvalue weighted by atomic mass is 16.3. The van der Waals surface area contributed by atoms with Crippen LogP contribution in [0.25, 0.3) is 5.57 Å². The van der Waals surface area contributed by atoms with E-state index in [0.29, 0.717) is 6.54 Å². The quantitative estimate of drug-likeness (QED) is 0.838. The van der Waals surface area contributed by atoms with Gasteiger partial charge in [-0.25, -0.2) is 11.4 Å². The molecule has 0 saturated carbocycles. The number of nitrogens with two attached hydrogens (primary N) is 1. The van der Waals surface area contributed by atoms with Crippen LogP contribution in [0, 0.1) is 0 Å². The summed E-state index contributed by atoms with van der Waals surface area (Å²) < 4.78 is 5.50. The lowest BCUT2D eigenvalue weighted by atomic mass is 10.0. The molecule has 0 atom stereocenters. The van der Waals surface area contributed by atoms with Crippen molar-refractivity contribution in [1.82, 2.24) is 20.5 Å². The summed E-state index contributed by atoms with van der Waals surface area (Å²) in [7, 11) is 0. The van der Waals surface area contributed by atoms with Crippen LogP contribution < -0.4 is 11.4 Å². The van der Waals surface area contributed by atoms with Crippen molar-refractivity contribution in [2.24, 2.45) is 10.9 Å². The van der Waals surface area contributed by atoms with Gasteiger partial charge < -0.3 is 4.42 Å². The molecule has 0 saturated heterocycles. The maximum Gasteiger partial charge on any atom is 0.137 e. The van der Waals surface area contributed by atoms with E-state index in [1.807, 2.05) is 35.6 Å². The molecule has 3 N–H and O–H groups in total. The number of aromatic nitrogens is 1. The van der Waals surface area contributed by atoms with E-state index in [-0.39, 0.29) is 0 Å². The van der Waals surface area contributed by atoms with E-state index in [2.05, 4.69) is 28.6 Å². The molecule has 2 aromatic rings. The van der Waals surface area contributed by atoms with Gasteiger partial charge in [-0.1, -0.05) is 6.92 Å². The van der Waals surface area contributed by atoms with Gasteiger partial charge in [-0.2, -0.15) is 5.10 Å². The molecule has 2 aromatic heterocycles. The van der Waals surface area contributed by atoms with Gasteiger partial charge in [0, 0.05) is 24.3 Å². The van der Waals surface area contributed by atoms with E-state index in [9.17, 15) is 0 Å². The predicted octanol–water partition coefficient (Wildman–Crippen LogP) is 1.98. The Labute approximate surface area is 139 Å². The molecule has 0 aliphatic carbocycles. The lowest BCUT2D eigenvalue weighted by molar-refractivity contribution is 0.269. The molecule has 122 valence electrons. The first-order chi connectivity index (χ1) is 11.7. The van der Waals surface area contributed by atoms with Crippen LogP contribution in [-0.2, 0) is 13.0 Å². The Kier molecular flexibility index (Phi) is 3.55. The van der Waals surface area contributed by atoms with Gasteiger partial charge in [0.2, 0.25) is 0 Å². The molecule has 0 fully saturated rings. The third kappa shape index (κ3) is 2.55. The summed E-state index contributed by atoms with van der Waals surface area (Å²) in [6.07, 6.45) is 8.03. The molecule has 0 spiro atoms. The van der Waals surface area contributed by atoms with Gasteiger partial charge in [-0.3, -0.25) is 15.0 Å². The molecule has 0 aromatic carbocycles. The fourth-order valence-corrected chi connectivity index (χ4v) is 2.80. The first-order valence-corrected chi connectivity index (χ1v) is 7.80. The Bertz CT molecular complexity index is 837. The number of pyridine rings is 1. The largest absolute Gasteiger partial charge is 0.464 e. The minimum Gasteiger partial charge on any atom is -0.464 e. The normalized spacial score (nSPS) is 16.3. The SMILES string of the molecule is CCc1cc(CN2NN=C3C(c4ccco4)=CN(N)C=C32)ccn1. The Balaban J connectivity index is 1.59. The number of hydrogen-bond donors (Lipinski definition) is 2. The van der Waals surface area contributed by atoms with Crippen LogP contribution >= 0.6 is 0 Å². The number of furan rings is 1. The summed E-state index contributed by atoms with van der Waals surface area (Å²) in [5.41, 5.74) is 7.86. The zero-order chi connectivity index (χ0) is 16.5. The fraction of sp³-hybridized carbons (Fsp3) is 0.176. The van der Waals surface area contributed by atoms with Crippen LogP contribution in [0.4, 0.5) is 0 Å². The molecular formula is C17H18N6O. The van der Waals surface area contributed by atoms with E-state index < -0.39 is 0 Å². The van der Waals surface area contributed by atoms with Crippen molar-refractivity contribution in [2.45, 2.75) is 19.9 Å². The van der Waals surface area contributed by atoms with E-state index in [1.54, 1.807) is 12.5 Å². The van der Waals surface area contributed by atoms with Gasteiger partial charge in [-0.15, -0.1) is 0 Å². The summed E-state index contributed by atoms with van der Waals surface area (Å²) >= 11 is 0. The number of aryl methyl sites for hydroxylation is 1. The zero-order valence-corrected chi connectivity index (χ0v) is 13.3. The Morgan fingerprint density at radius 2 is 2.21 bits per heavy atom. The highest BCUT2D eigenvalue weighted by molar-refractivity contribution is 6.31. The van der Waals surface area contributed by atoms with Crippen LogP contribution in [0.1, 0.15) is 23.9 Å². The number of nitrogens with one attached hydrogen (secondary N) is 1. The van der Waals surface area contributed by atoms with Crippen molar-refractivity contribution < 1.29 is 4.42 Å². The molecule has 7 heteroatoms. The molecule has 0 amide bonds. The first-order valence-electron chi connectivity index (χ1n) is 7.80. The number of hydrazone groups is 1. The maximum absolute atomic E-state index is 6.01. The van der Waals surface area contributed by atoms with Crippen molar-refractivity contribution >= 4 is 11.3 Å². The molecule has 24 heavy (non-hydrogen) atoms. The highest BCUT2D eigenvalue weighted by Gasteiger charge is 2.30. The van der Waals surface area contributed by atoms with Gasteiger partial charge in [0.15, 0.2) is 0 Å². The van der Waals surface area contributed by atoms with Crippen LogP contribution in [0.15, 0.2) is 64.3 Å².